The van der Waals surface area contributed by atoms with E-state index in [9.17, 15) is 18.0 Å². The van der Waals surface area contributed by atoms with Crippen LogP contribution >= 0.6 is 0 Å². The number of halogens is 3. The summed E-state index contributed by atoms with van der Waals surface area (Å²) in [6.45, 7) is 0.355. The first kappa shape index (κ1) is 17.7. The highest BCUT2D eigenvalue weighted by Gasteiger charge is 2.30. The van der Waals surface area contributed by atoms with E-state index in [1.54, 1.807) is 18.2 Å². The summed E-state index contributed by atoms with van der Waals surface area (Å²) in [4.78, 5) is 11.3. The molecule has 0 N–H and O–H groups in total. The van der Waals surface area contributed by atoms with Crippen LogP contribution in [0.2, 0.25) is 0 Å². The number of hydrogen-bond acceptors (Lipinski definition) is 2. The van der Waals surface area contributed by atoms with Crippen molar-refractivity contribution in [3.05, 3.63) is 89.5 Å². The zero-order chi connectivity index (χ0) is 18.6. The molecule has 0 fully saturated rings. The number of rotatable bonds is 5. The molecule has 0 saturated heterocycles. The Kier molecular flexibility index (Phi) is 5.07. The summed E-state index contributed by atoms with van der Waals surface area (Å²) in [6.07, 6.45) is -3.72. The van der Waals surface area contributed by atoms with Crippen LogP contribution in [0.15, 0.2) is 72.8 Å². The van der Waals surface area contributed by atoms with E-state index in [1.807, 2.05) is 30.3 Å². The van der Waals surface area contributed by atoms with Gasteiger partial charge in [-0.1, -0.05) is 42.5 Å². The minimum absolute atomic E-state index is 0.355. The Labute approximate surface area is 148 Å². The number of hydrogen-bond donors (Lipinski definition) is 0. The minimum atomic E-state index is -4.40. The largest absolute Gasteiger partial charge is 0.489 e. The maximum Gasteiger partial charge on any atom is 0.416 e. The number of aldehydes is 1. The normalized spacial score (nSPS) is 11.2. The van der Waals surface area contributed by atoms with E-state index in [1.165, 1.54) is 12.1 Å². The van der Waals surface area contributed by atoms with Gasteiger partial charge in [-0.15, -0.1) is 0 Å². The summed E-state index contributed by atoms with van der Waals surface area (Å²) in [7, 11) is 0. The lowest BCUT2D eigenvalue weighted by atomic mass is 9.99. The fourth-order valence-corrected chi connectivity index (χ4v) is 2.56. The van der Waals surface area contributed by atoms with Crippen molar-refractivity contribution in [2.45, 2.75) is 12.8 Å². The first-order valence-electron chi connectivity index (χ1n) is 7.91. The maximum atomic E-state index is 12.7. The lowest BCUT2D eigenvalue weighted by Gasteiger charge is -2.12. The highest BCUT2D eigenvalue weighted by molar-refractivity contribution is 5.88. The SMILES string of the molecule is O=Cc1ccc(OCc2ccccc2)cc1-c1ccc(C(F)(F)F)cc1. The Morgan fingerprint density at radius 3 is 2.19 bits per heavy atom. The fraction of sp³-hybridized carbons (Fsp3) is 0.0952. The molecule has 0 aliphatic rings. The Bertz CT molecular complexity index is 885. The van der Waals surface area contributed by atoms with Crippen molar-refractivity contribution in [1.29, 1.82) is 0 Å². The van der Waals surface area contributed by atoms with Crippen molar-refractivity contribution in [1.82, 2.24) is 0 Å². The third-order valence-electron chi connectivity index (χ3n) is 3.92. The van der Waals surface area contributed by atoms with E-state index in [2.05, 4.69) is 0 Å². The van der Waals surface area contributed by atoms with Gasteiger partial charge in [-0.25, -0.2) is 0 Å². The predicted molar refractivity (Wildman–Crippen MR) is 93.0 cm³/mol. The van der Waals surface area contributed by atoms with Crippen LogP contribution in [0.4, 0.5) is 13.2 Å². The summed E-state index contributed by atoms with van der Waals surface area (Å²) in [5, 5.41) is 0. The van der Waals surface area contributed by atoms with Crippen LogP contribution in [0.5, 0.6) is 5.75 Å². The summed E-state index contributed by atoms with van der Waals surface area (Å²) in [5.74, 6) is 0.536. The van der Waals surface area contributed by atoms with Gasteiger partial charge in [-0.3, -0.25) is 4.79 Å². The molecule has 0 heterocycles. The first-order valence-corrected chi connectivity index (χ1v) is 7.91. The van der Waals surface area contributed by atoms with Gasteiger partial charge in [0.25, 0.3) is 0 Å². The number of alkyl halides is 3. The molecule has 0 unspecified atom stereocenters. The summed E-state index contributed by atoms with van der Waals surface area (Å²) in [6, 6.07) is 19.2. The molecule has 3 aromatic rings. The molecule has 132 valence electrons. The van der Waals surface area contributed by atoms with E-state index in [4.69, 9.17) is 4.74 Å². The van der Waals surface area contributed by atoms with Gasteiger partial charge < -0.3 is 4.74 Å². The van der Waals surface area contributed by atoms with Crippen LogP contribution in [-0.2, 0) is 12.8 Å². The van der Waals surface area contributed by atoms with E-state index < -0.39 is 11.7 Å². The zero-order valence-corrected chi connectivity index (χ0v) is 13.7. The van der Waals surface area contributed by atoms with E-state index in [0.717, 1.165) is 17.7 Å². The molecule has 5 heteroatoms. The average Bonchev–Trinajstić information content (AvgIpc) is 2.66. The second-order valence-corrected chi connectivity index (χ2v) is 5.72. The van der Waals surface area contributed by atoms with Gasteiger partial charge in [0.15, 0.2) is 6.29 Å². The lowest BCUT2D eigenvalue weighted by molar-refractivity contribution is -0.137. The van der Waals surface area contributed by atoms with Crippen LogP contribution in [0.3, 0.4) is 0 Å². The fourth-order valence-electron chi connectivity index (χ4n) is 2.56. The molecule has 0 saturated carbocycles. The Balaban J connectivity index is 1.87. The van der Waals surface area contributed by atoms with Gasteiger partial charge in [0.2, 0.25) is 0 Å². The predicted octanol–water partition coefficient (Wildman–Crippen LogP) is 5.76. The monoisotopic (exact) mass is 356 g/mol. The van der Waals surface area contributed by atoms with Crippen molar-refractivity contribution in [3.8, 4) is 16.9 Å². The molecule has 0 aliphatic heterocycles. The van der Waals surface area contributed by atoms with Gasteiger partial charge in [0.1, 0.15) is 12.4 Å². The van der Waals surface area contributed by atoms with Crippen molar-refractivity contribution < 1.29 is 22.7 Å². The van der Waals surface area contributed by atoms with E-state index >= 15 is 0 Å². The molecule has 0 aromatic heterocycles. The first-order chi connectivity index (χ1) is 12.5. The smallest absolute Gasteiger partial charge is 0.416 e. The van der Waals surface area contributed by atoms with E-state index in [-0.39, 0.29) is 0 Å². The van der Waals surface area contributed by atoms with Gasteiger partial charge in [-0.05, 0) is 47.0 Å². The molecular formula is C21H15F3O2. The third kappa shape index (κ3) is 4.11. The molecule has 0 bridgehead atoms. The minimum Gasteiger partial charge on any atom is -0.489 e. The standard InChI is InChI=1S/C21H15F3O2/c22-21(23,24)18-9-6-16(7-10-18)20-12-19(11-8-17(20)13-25)26-14-15-4-2-1-3-5-15/h1-13H,14H2. The molecule has 0 aliphatic carbocycles. The number of carbonyl (C=O) groups is 1. The van der Waals surface area contributed by atoms with Gasteiger partial charge in [0.05, 0.1) is 5.56 Å². The van der Waals surface area contributed by atoms with Gasteiger partial charge in [0, 0.05) is 5.56 Å². The van der Waals surface area contributed by atoms with Crippen molar-refractivity contribution in [3.63, 3.8) is 0 Å². The topological polar surface area (TPSA) is 26.3 Å². The van der Waals surface area contributed by atoms with Crippen LogP contribution < -0.4 is 4.74 Å². The lowest BCUT2D eigenvalue weighted by Crippen LogP contribution is -2.04. The average molecular weight is 356 g/mol. The number of ether oxygens (including phenoxy) is 1. The third-order valence-corrected chi connectivity index (χ3v) is 3.92. The molecule has 0 atom stereocenters. The molecule has 3 rings (SSSR count). The molecular weight excluding hydrogens is 341 g/mol. The molecule has 0 radical (unpaired) electrons. The quantitative estimate of drug-likeness (QED) is 0.543. The second-order valence-electron chi connectivity index (χ2n) is 5.72. The van der Waals surface area contributed by atoms with Crippen LogP contribution in [-0.4, -0.2) is 6.29 Å². The highest BCUT2D eigenvalue weighted by atomic mass is 19.4. The van der Waals surface area contributed by atoms with Crippen molar-refractivity contribution >= 4 is 6.29 Å². The Hall–Kier alpha value is -3.08. The highest BCUT2D eigenvalue weighted by Crippen LogP contribution is 2.33. The molecule has 3 aromatic carbocycles. The Morgan fingerprint density at radius 2 is 1.58 bits per heavy atom. The summed E-state index contributed by atoms with van der Waals surface area (Å²) >= 11 is 0. The number of benzene rings is 3. The van der Waals surface area contributed by atoms with Crippen molar-refractivity contribution in [2.24, 2.45) is 0 Å². The zero-order valence-electron chi connectivity index (χ0n) is 13.7. The van der Waals surface area contributed by atoms with Crippen LogP contribution in [0, 0.1) is 0 Å². The van der Waals surface area contributed by atoms with Crippen molar-refractivity contribution in [2.75, 3.05) is 0 Å². The van der Waals surface area contributed by atoms with Crippen LogP contribution in [0.25, 0.3) is 11.1 Å². The molecule has 26 heavy (non-hydrogen) atoms. The molecule has 0 spiro atoms. The van der Waals surface area contributed by atoms with Gasteiger partial charge in [-0.2, -0.15) is 13.2 Å². The summed E-state index contributed by atoms with van der Waals surface area (Å²) < 4.78 is 43.9. The Morgan fingerprint density at radius 1 is 0.885 bits per heavy atom. The molecule has 2 nitrogen and oxygen atoms in total. The maximum absolute atomic E-state index is 12.7. The van der Waals surface area contributed by atoms with Crippen LogP contribution in [0.1, 0.15) is 21.5 Å². The molecule has 0 amide bonds. The number of carbonyl (C=O) groups excluding carboxylic acids is 1. The summed E-state index contributed by atoms with van der Waals surface area (Å²) in [5.41, 5.74) is 1.69. The van der Waals surface area contributed by atoms with Gasteiger partial charge >= 0.3 is 6.18 Å². The second kappa shape index (κ2) is 7.44. The van der Waals surface area contributed by atoms with E-state index in [0.29, 0.717) is 35.3 Å².